The summed E-state index contributed by atoms with van der Waals surface area (Å²) in [7, 11) is 6.09. The number of halogens is 2. The molecule has 36 heavy (non-hydrogen) atoms. The number of hydrogen-bond acceptors (Lipinski definition) is 2. The normalized spacial score (nSPS) is 11.7. The molecular weight excluding hydrogens is 515 g/mol. The van der Waals surface area contributed by atoms with Gasteiger partial charge in [-0.05, 0) is 63.6 Å². The standard InChI is InChI=1S/C30H32Cl2N2Si2/c1-33(2)21-23-9-5-7-11-29(23)36(30-12-8-6-10-24(30)22-34(3)4)35(27-17-13-25(31)14-18-27)28-19-15-26(32)16-20-28/h5-20H,21-22H2,1-4H3. The lowest BCUT2D eigenvalue weighted by atomic mass is 10.2. The fourth-order valence-corrected chi connectivity index (χ4v) is 14.9. The van der Waals surface area contributed by atoms with Crippen molar-refractivity contribution in [1.29, 1.82) is 0 Å². The molecule has 0 aromatic heterocycles. The van der Waals surface area contributed by atoms with E-state index in [1.165, 1.54) is 31.9 Å². The molecule has 0 spiro atoms. The molecule has 4 aromatic carbocycles. The highest BCUT2D eigenvalue weighted by Crippen LogP contribution is 2.12. The van der Waals surface area contributed by atoms with E-state index in [0.29, 0.717) is 0 Å². The van der Waals surface area contributed by atoms with Gasteiger partial charge in [-0.2, -0.15) is 0 Å². The molecule has 0 amide bonds. The summed E-state index contributed by atoms with van der Waals surface area (Å²) in [5, 5.41) is 7.26. The molecule has 2 nitrogen and oxygen atoms in total. The fourth-order valence-electron chi connectivity index (χ4n) is 4.59. The predicted octanol–water partition coefficient (Wildman–Crippen LogP) is 4.11. The van der Waals surface area contributed by atoms with Crippen molar-refractivity contribution in [2.75, 3.05) is 28.2 Å². The number of rotatable bonds is 9. The number of benzene rings is 4. The van der Waals surface area contributed by atoms with Gasteiger partial charge in [-0.25, -0.2) is 0 Å². The van der Waals surface area contributed by atoms with E-state index in [1.807, 2.05) is 24.3 Å². The minimum Gasteiger partial charge on any atom is -0.305 e. The Bertz CT molecular complexity index is 1180. The highest BCUT2D eigenvalue weighted by molar-refractivity contribution is 7.42. The second kappa shape index (κ2) is 12.4. The zero-order chi connectivity index (χ0) is 25.7. The molecule has 0 saturated heterocycles. The predicted molar refractivity (Wildman–Crippen MR) is 161 cm³/mol. The topological polar surface area (TPSA) is 6.48 Å². The van der Waals surface area contributed by atoms with E-state index in [-0.39, 0.29) is 0 Å². The molecule has 6 heteroatoms. The summed E-state index contributed by atoms with van der Waals surface area (Å²) in [4.78, 5) is 4.53. The van der Waals surface area contributed by atoms with Crippen LogP contribution in [0, 0.1) is 0 Å². The molecular formula is C30H32Cl2N2Si2. The molecule has 0 aliphatic rings. The molecule has 2 radical (unpaired) electrons. The Labute approximate surface area is 229 Å². The minimum absolute atomic E-state index is 0.769. The fraction of sp³-hybridized carbons (Fsp3) is 0.200. The van der Waals surface area contributed by atoms with Gasteiger partial charge in [0.25, 0.3) is 0 Å². The Morgan fingerprint density at radius 3 is 1.22 bits per heavy atom. The first-order chi connectivity index (χ1) is 17.3. The van der Waals surface area contributed by atoms with E-state index in [9.17, 15) is 0 Å². The van der Waals surface area contributed by atoms with Crippen LogP contribution < -0.4 is 20.7 Å². The molecule has 0 saturated carbocycles. The van der Waals surface area contributed by atoms with Crippen molar-refractivity contribution in [3.05, 3.63) is 118 Å². The molecule has 0 unspecified atom stereocenters. The van der Waals surface area contributed by atoms with Gasteiger partial charge in [-0.3, -0.25) is 0 Å². The van der Waals surface area contributed by atoms with E-state index < -0.39 is 16.6 Å². The Morgan fingerprint density at radius 1 is 0.500 bits per heavy atom. The first kappa shape index (κ1) is 26.9. The second-order valence-electron chi connectivity index (χ2n) is 9.55. The molecule has 184 valence electrons. The third-order valence-electron chi connectivity index (χ3n) is 6.06. The van der Waals surface area contributed by atoms with E-state index in [1.54, 1.807) is 0 Å². The van der Waals surface area contributed by atoms with Crippen LogP contribution in [0.5, 0.6) is 0 Å². The molecule has 0 heterocycles. The largest absolute Gasteiger partial charge is 0.305 e. The van der Waals surface area contributed by atoms with Crippen molar-refractivity contribution in [3.63, 3.8) is 0 Å². The van der Waals surface area contributed by atoms with Crippen molar-refractivity contribution in [1.82, 2.24) is 9.80 Å². The SMILES string of the molecule is CN(C)Cc1ccccc1[Si](c1ccccc1CN(C)C)[Si](c1ccc(Cl)cc1)c1ccc(Cl)cc1. The summed E-state index contributed by atoms with van der Waals surface area (Å²) in [6.07, 6.45) is 0. The lowest BCUT2D eigenvalue weighted by molar-refractivity contribution is 0.403. The van der Waals surface area contributed by atoms with Crippen LogP contribution in [-0.4, -0.2) is 54.6 Å². The zero-order valence-corrected chi connectivity index (χ0v) is 24.8. The van der Waals surface area contributed by atoms with Crippen molar-refractivity contribution < 1.29 is 0 Å². The second-order valence-corrected chi connectivity index (χ2v) is 17.2. The summed E-state index contributed by atoms with van der Waals surface area (Å²) in [5.74, 6) is 0. The van der Waals surface area contributed by atoms with Crippen molar-refractivity contribution >= 4 is 60.6 Å². The highest BCUT2D eigenvalue weighted by atomic mass is 35.5. The Hall–Kier alpha value is -2.19. The lowest BCUT2D eigenvalue weighted by Gasteiger charge is -2.30. The van der Waals surface area contributed by atoms with Crippen LogP contribution in [0.25, 0.3) is 0 Å². The maximum Gasteiger partial charge on any atom is 0.122 e. The Morgan fingerprint density at radius 2 is 0.861 bits per heavy atom. The molecule has 0 aliphatic heterocycles. The van der Waals surface area contributed by atoms with Crippen molar-refractivity contribution in [2.24, 2.45) is 0 Å². The van der Waals surface area contributed by atoms with Gasteiger partial charge < -0.3 is 9.80 Å². The average molecular weight is 548 g/mol. The summed E-state index contributed by atoms with van der Waals surface area (Å²) >= 11 is 12.7. The first-order valence-electron chi connectivity index (χ1n) is 12.1. The van der Waals surface area contributed by atoms with Gasteiger partial charge >= 0.3 is 0 Å². The summed E-state index contributed by atoms with van der Waals surface area (Å²) in [6, 6.07) is 35.2. The summed E-state index contributed by atoms with van der Waals surface area (Å²) in [5.41, 5.74) is 2.81. The first-order valence-corrected chi connectivity index (χ1v) is 16.8. The van der Waals surface area contributed by atoms with E-state index in [0.717, 1.165) is 23.1 Å². The molecule has 0 atom stereocenters. The molecule has 4 aromatic rings. The van der Waals surface area contributed by atoms with E-state index in [2.05, 4.69) is 111 Å². The van der Waals surface area contributed by atoms with E-state index in [4.69, 9.17) is 23.2 Å². The zero-order valence-electron chi connectivity index (χ0n) is 21.3. The van der Waals surface area contributed by atoms with Gasteiger partial charge in [-0.1, -0.05) is 117 Å². The van der Waals surface area contributed by atoms with Crippen LogP contribution in [0.2, 0.25) is 10.0 Å². The van der Waals surface area contributed by atoms with Gasteiger partial charge in [-0.15, -0.1) is 0 Å². The van der Waals surface area contributed by atoms with Crippen LogP contribution in [0.1, 0.15) is 11.1 Å². The Kier molecular flexibility index (Phi) is 9.23. The molecule has 4 rings (SSSR count). The van der Waals surface area contributed by atoms with Gasteiger partial charge in [0, 0.05) is 23.1 Å². The van der Waals surface area contributed by atoms with Gasteiger partial charge in [0.1, 0.15) is 16.6 Å². The average Bonchev–Trinajstić information content (AvgIpc) is 2.85. The quantitative estimate of drug-likeness (QED) is 0.291. The highest BCUT2D eigenvalue weighted by Gasteiger charge is 2.35. The monoisotopic (exact) mass is 546 g/mol. The van der Waals surface area contributed by atoms with Crippen LogP contribution >= 0.6 is 23.2 Å². The van der Waals surface area contributed by atoms with E-state index >= 15 is 0 Å². The van der Waals surface area contributed by atoms with Crippen LogP contribution in [0.15, 0.2) is 97.1 Å². The van der Waals surface area contributed by atoms with Crippen molar-refractivity contribution in [3.8, 4) is 0 Å². The molecule has 0 bridgehead atoms. The Balaban J connectivity index is 2.02. The number of hydrogen-bond donors (Lipinski definition) is 0. The smallest absolute Gasteiger partial charge is 0.122 e. The van der Waals surface area contributed by atoms with Gasteiger partial charge in [0.05, 0.1) is 0 Å². The number of nitrogens with zero attached hydrogens (tertiary/aromatic N) is 2. The molecule has 0 aliphatic carbocycles. The summed E-state index contributed by atoms with van der Waals surface area (Å²) < 4.78 is 0. The molecule has 0 N–H and O–H groups in total. The van der Waals surface area contributed by atoms with Crippen LogP contribution in [0.4, 0.5) is 0 Å². The molecule has 0 fully saturated rings. The maximum absolute atomic E-state index is 6.35. The van der Waals surface area contributed by atoms with Gasteiger partial charge in [0.15, 0.2) is 0 Å². The third-order valence-corrected chi connectivity index (χ3v) is 15.8. The lowest BCUT2D eigenvalue weighted by Crippen LogP contribution is -2.66. The van der Waals surface area contributed by atoms with Gasteiger partial charge in [0.2, 0.25) is 0 Å². The third kappa shape index (κ3) is 6.57. The minimum atomic E-state index is -1.26. The van der Waals surface area contributed by atoms with Crippen LogP contribution in [-0.2, 0) is 13.1 Å². The van der Waals surface area contributed by atoms with Crippen LogP contribution in [0.3, 0.4) is 0 Å². The van der Waals surface area contributed by atoms with Crippen molar-refractivity contribution in [2.45, 2.75) is 13.1 Å². The maximum atomic E-state index is 6.35. The summed E-state index contributed by atoms with van der Waals surface area (Å²) in [6.45, 7) is 1.83.